The van der Waals surface area contributed by atoms with Crippen LogP contribution in [0.25, 0.3) is 5.57 Å². The van der Waals surface area contributed by atoms with Crippen LogP contribution in [0, 0.1) is 0 Å². The molecule has 2 aliphatic rings. The third-order valence-corrected chi connectivity index (χ3v) is 7.67. The lowest BCUT2D eigenvalue weighted by atomic mass is 9.77. The van der Waals surface area contributed by atoms with Gasteiger partial charge in [-0.15, -0.1) is 0 Å². The second-order valence-corrected chi connectivity index (χ2v) is 9.81. The molecular weight excluding hydrogens is 428 g/mol. The first-order chi connectivity index (χ1) is 16.1. The van der Waals surface area contributed by atoms with Crippen LogP contribution >= 0.6 is 11.6 Å². The summed E-state index contributed by atoms with van der Waals surface area (Å²) in [7, 11) is 3.94. The Kier molecular flexibility index (Phi) is 8.40. The van der Waals surface area contributed by atoms with Gasteiger partial charge in [-0.25, -0.2) is 4.57 Å². The number of allylic oxidation sites excluding steroid dienone is 4. The predicted octanol–water partition coefficient (Wildman–Crippen LogP) is 6.12. The molecule has 4 heteroatoms. The van der Waals surface area contributed by atoms with Gasteiger partial charge >= 0.3 is 0 Å². The maximum Gasteiger partial charge on any atom is 0.180 e. The lowest BCUT2D eigenvalue weighted by molar-refractivity contribution is -0.679. The minimum Gasteiger partial charge on any atom is -0.385 e. The number of piperidine rings is 1. The maximum atomic E-state index is 6.99. The summed E-state index contributed by atoms with van der Waals surface area (Å²) in [5.41, 5.74) is 8.21. The molecule has 1 N–H and O–H groups in total. The van der Waals surface area contributed by atoms with Crippen LogP contribution in [0.1, 0.15) is 73.2 Å². The number of pyridine rings is 1. The minimum absolute atomic E-state index is 0.384. The van der Waals surface area contributed by atoms with Crippen LogP contribution < -0.4 is 9.88 Å². The average Bonchev–Trinajstić information content (AvgIpc) is 2.84. The first-order valence-corrected chi connectivity index (χ1v) is 12.9. The first kappa shape index (κ1) is 24.2. The summed E-state index contributed by atoms with van der Waals surface area (Å²) in [6.07, 6.45) is 13.4. The molecule has 0 amide bonds. The summed E-state index contributed by atoms with van der Waals surface area (Å²) >= 11 is 6.99. The molecule has 1 aliphatic carbocycles. The van der Waals surface area contributed by atoms with Gasteiger partial charge in [0.05, 0.1) is 0 Å². The van der Waals surface area contributed by atoms with E-state index >= 15 is 0 Å². The number of methoxy groups -OCH3 is 1. The average molecular weight is 466 g/mol. The van der Waals surface area contributed by atoms with Crippen LogP contribution in [0.5, 0.6) is 0 Å². The molecule has 2 heterocycles. The molecule has 0 spiro atoms. The summed E-state index contributed by atoms with van der Waals surface area (Å²) in [4.78, 5) is 0. The van der Waals surface area contributed by atoms with Crippen LogP contribution in [0.3, 0.4) is 0 Å². The fourth-order valence-electron chi connectivity index (χ4n) is 5.53. The Morgan fingerprint density at radius 1 is 1.18 bits per heavy atom. The number of benzene rings is 1. The molecule has 4 rings (SSSR count). The number of halogens is 1. The molecule has 1 fully saturated rings. The van der Waals surface area contributed by atoms with Gasteiger partial charge in [0, 0.05) is 49.3 Å². The van der Waals surface area contributed by atoms with Crippen molar-refractivity contribution in [2.45, 2.75) is 57.3 Å². The number of aryl methyl sites for hydroxylation is 2. The van der Waals surface area contributed by atoms with Crippen molar-refractivity contribution in [3.63, 3.8) is 0 Å². The molecule has 176 valence electrons. The largest absolute Gasteiger partial charge is 0.385 e. The molecule has 2 atom stereocenters. The second kappa shape index (κ2) is 11.5. The van der Waals surface area contributed by atoms with Crippen molar-refractivity contribution in [2.24, 2.45) is 7.05 Å². The van der Waals surface area contributed by atoms with Crippen molar-refractivity contribution in [1.29, 1.82) is 0 Å². The van der Waals surface area contributed by atoms with Crippen LogP contribution in [0.2, 0.25) is 5.02 Å². The number of rotatable bonds is 8. The van der Waals surface area contributed by atoms with Crippen LogP contribution in [0.15, 0.2) is 54.3 Å². The molecule has 1 saturated heterocycles. The lowest BCUT2D eigenvalue weighted by Gasteiger charge is -2.33. The van der Waals surface area contributed by atoms with Gasteiger partial charge in [0.15, 0.2) is 11.9 Å². The van der Waals surface area contributed by atoms with Crippen LogP contribution in [0.4, 0.5) is 0 Å². The Morgan fingerprint density at radius 2 is 2.06 bits per heavy atom. The van der Waals surface area contributed by atoms with Gasteiger partial charge in [-0.1, -0.05) is 42.8 Å². The number of nitrogens with one attached hydrogen (secondary N) is 1. The van der Waals surface area contributed by atoms with E-state index in [9.17, 15) is 0 Å². The minimum atomic E-state index is 0.384. The van der Waals surface area contributed by atoms with Gasteiger partial charge in [0.2, 0.25) is 0 Å². The van der Waals surface area contributed by atoms with E-state index in [4.69, 9.17) is 16.3 Å². The van der Waals surface area contributed by atoms with E-state index in [0.717, 1.165) is 63.2 Å². The van der Waals surface area contributed by atoms with Crippen molar-refractivity contribution in [3.05, 3.63) is 81.7 Å². The van der Waals surface area contributed by atoms with Gasteiger partial charge in [0.25, 0.3) is 0 Å². The topological polar surface area (TPSA) is 25.1 Å². The van der Waals surface area contributed by atoms with E-state index in [1.165, 1.54) is 33.5 Å². The molecule has 0 radical (unpaired) electrons. The van der Waals surface area contributed by atoms with Gasteiger partial charge in [-0.2, -0.15) is 0 Å². The summed E-state index contributed by atoms with van der Waals surface area (Å²) in [5, 5.41) is 4.52. The molecule has 0 bridgehead atoms. The van der Waals surface area contributed by atoms with Crippen molar-refractivity contribution < 1.29 is 9.30 Å². The third kappa shape index (κ3) is 5.59. The number of ether oxygens (including phenoxy) is 1. The van der Waals surface area contributed by atoms with Crippen molar-refractivity contribution in [1.82, 2.24) is 5.32 Å². The zero-order chi connectivity index (χ0) is 23.2. The number of hydrogen-bond acceptors (Lipinski definition) is 2. The highest BCUT2D eigenvalue weighted by molar-refractivity contribution is 6.31. The zero-order valence-corrected chi connectivity index (χ0v) is 21.1. The van der Waals surface area contributed by atoms with Crippen molar-refractivity contribution in [3.8, 4) is 0 Å². The van der Waals surface area contributed by atoms with Gasteiger partial charge in [0.1, 0.15) is 7.05 Å². The molecule has 1 aromatic heterocycles. The van der Waals surface area contributed by atoms with Crippen molar-refractivity contribution in [2.75, 3.05) is 26.8 Å². The Labute approximate surface area is 204 Å². The third-order valence-electron chi connectivity index (χ3n) is 7.35. The lowest BCUT2D eigenvalue weighted by Crippen LogP contribution is -2.37. The van der Waals surface area contributed by atoms with E-state index in [0.29, 0.717) is 11.8 Å². The second-order valence-electron chi connectivity index (χ2n) is 9.40. The monoisotopic (exact) mass is 465 g/mol. The van der Waals surface area contributed by atoms with E-state index in [-0.39, 0.29) is 0 Å². The predicted molar refractivity (Wildman–Crippen MR) is 138 cm³/mol. The Morgan fingerprint density at radius 3 is 2.82 bits per heavy atom. The highest BCUT2D eigenvalue weighted by atomic mass is 35.5. The molecule has 2 aromatic rings. The SMILES string of the molecule is CCc1ccc(C2CCNCC2c2ccc(C3=C(CCCOC)C=CCC3)cc2Cl)c[n+]1C. The quantitative estimate of drug-likeness (QED) is 0.375. The maximum absolute atomic E-state index is 6.99. The fourth-order valence-corrected chi connectivity index (χ4v) is 5.85. The Hall–Kier alpha value is -1.94. The molecule has 1 aromatic carbocycles. The summed E-state index contributed by atoms with van der Waals surface area (Å²) in [5.74, 6) is 0.863. The highest BCUT2D eigenvalue weighted by Crippen LogP contribution is 2.41. The van der Waals surface area contributed by atoms with E-state index in [2.05, 4.69) is 72.5 Å². The van der Waals surface area contributed by atoms with Gasteiger partial charge < -0.3 is 10.1 Å². The van der Waals surface area contributed by atoms with Crippen LogP contribution in [-0.4, -0.2) is 26.8 Å². The van der Waals surface area contributed by atoms with E-state index < -0.39 is 0 Å². The molecule has 3 nitrogen and oxygen atoms in total. The summed E-state index contributed by atoms with van der Waals surface area (Å²) in [6.45, 7) is 5.04. The normalized spacial score (nSPS) is 21.0. The number of nitrogens with zero attached hydrogens (tertiary/aromatic N) is 1. The molecule has 1 aliphatic heterocycles. The fraction of sp³-hybridized carbons (Fsp3) is 0.483. The number of hydrogen-bond donors (Lipinski definition) is 1. The Bertz CT molecular complexity index is 1030. The van der Waals surface area contributed by atoms with Crippen molar-refractivity contribution >= 4 is 17.2 Å². The zero-order valence-electron chi connectivity index (χ0n) is 20.4. The molecule has 0 saturated carbocycles. The van der Waals surface area contributed by atoms with Gasteiger partial charge in [-0.3, -0.25) is 0 Å². The van der Waals surface area contributed by atoms with E-state index in [1.54, 1.807) is 7.11 Å². The standard InChI is InChI=1S/C29H38ClN2O/c1-4-24-13-11-23(20-32(24)2)26-15-16-31-19-28(26)27-14-12-22(18-29(27)30)25-10-6-5-8-21(25)9-7-17-33-3/h5,8,11-14,18,20,26,28,31H,4,6-7,9-10,15-17,19H2,1-3H3/q+1. The molecular formula is C29H38ClN2O+. The Balaban J connectivity index is 1.62. The summed E-state index contributed by atoms with van der Waals surface area (Å²) < 4.78 is 7.55. The highest BCUT2D eigenvalue weighted by Gasteiger charge is 2.31. The van der Waals surface area contributed by atoms with E-state index in [1.807, 2.05) is 0 Å². The number of aromatic nitrogens is 1. The summed E-state index contributed by atoms with van der Waals surface area (Å²) in [6, 6.07) is 11.4. The smallest absolute Gasteiger partial charge is 0.180 e. The first-order valence-electron chi connectivity index (χ1n) is 12.5. The molecule has 2 unspecified atom stereocenters. The van der Waals surface area contributed by atoms with Crippen LogP contribution in [-0.2, 0) is 18.2 Å². The van der Waals surface area contributed by atoms with Gasteiger partial charge in [-0.05, 0) is 79.0 Å². The molecule has 33 heavy (non-hydrogen) atoms.